The van der Waals surface area contributed by atoms with Crippen LogP contribution in [0.3, 0.4) is 0 Å². The molecule has 1 saturated heterocycles. The van der Waals surface area contributed by atoms with Gasteiger partial charge in [-0.05, 0) is 61.9 Å². The number of rotatable bonds is 7. The van der Waals surface area contributed by atoms with E-state index in [0.29, 0.717) is 30.3 Å². The fraction of sp³-hybridized carbons (Fsp3) is 0.462. The lowest BCUT2D eigenvalue weighted by atomic mass is 10.1. The van der Waals surface area contributed by atoms with Crippen LogP contribution in [0.2, 0.25) is 5.02 Å². The first-order valence-corrected chi connectivity index (χ1v) is 15.7. The second-order valence-corrected chi connectivity index (χ2v) is 14.0. The van der Waals surface area contributed by atoms with Crippen molar-refractivity contribution in [2.45, 2.75) is 42.7 Å². The molecule has 2 unspecified atom stereocenters. The first kappa shape index (κ1) is 26.4. The summed E-state index contributed by atoms with van der Waals surface area (Å²) in [6.45, 7) is 3.31. The van der Waals surface area contributed by atoms with Gasteiger partial charge in [0.15, 0.2) is 0 Å². The number of ether oxygens (including phenoxy) is 1. The van der Waals surface area contributed by atoms with Crippen LogP contribution in [0.25, 0.3) is 10.1 Å². The minimum absolute atomic E-state index is 0.0180. The van der Waals surface area contributed by atoms with E-state index in [1.54, 1.807) is 23.1 Å². The first-order valence-electron chi connectivity index (χ1n) is 13.0. The molecule has 4 heterocycles. The number of allylic oxidation sites excluding steroid dienone is 2. The van der Waals surface area contributed by atoms with Gasteiger partial charge in [0.2, 0.25) is 12.1 Å². The third-order valence-corrected chi connectivity index (χ3v) is 11.1. The highest BCUT2D eigenvalue weighted by atomic mass is 35.5. The Hall–Kier alpha value is -2.80. The monoisotopic (exact) mass is 591 g/mol. The van der Waals surface area contributed by atoms with Crippen molar-refractivity contribution in [2.75, 3.05) is 32.7 Å². The van der Waals surface area contributed by atoms with Gasteiger partial charge in [0.05, 0.1) is 12.2 Å². The topological polar surface area (TPSA) is 120 Å². The van der Waals surface area contributed by atoms with E-state index in [0.717, 1.165) is 34.3 Å². The number of benzene rings is 1. The van der Waals surface area contributed by atoms with E-state index in [1.165, 1.54) is 15.6 Å². The predicted molar refractivity (Wildman–Crippen MR) is 148 cm³/mol. The molecule has 208 valence electrons. The third-order valence-electron chi connectivity index (χ3n) is 7.46. The lowest BCUT2D eigenvalue weighted by molar-refractivity contribution is -0.145. The number of piperazine rings is 1. The number of carbonyl (C=O) groups is 2. The maximum absolute atomic E-state index is 13.7. The van der Waals surface area contributed by atoms with Gasteiger partial charge in [0.25, 0.3) is 15.9 Å². The second-order valence-electron chi connectivity index (χ2n) is 10.3. The number of sulfonamides is 1. The van der Waals surface area contributed by atoms with Crippen molar-refractivity contribution in [2.24, 2.45) is 5.92 Å². The molecule has 1 saturated carbocycles. The number of carbonyl (C=O) groups excluding carboxylic acids is 2. The molecule has 0 spiro atoms. The van der Waals surface area contributed by atoms with Gasteiger partial charge in [-0.25, -0.2) is 8.42 Å². The number of hydrogen-bond donors (Lipinski definition) is 3. The van der Waals surface area contributed by atoms with Crippen molar-refractivity contribution < 1.29 is 22.7 Å². The summed E-state index contributed by atoms with van der Waals surface area (Å²) in [6, 6.07) is 6.54. The van der Waals surface area contributed by atoms with Crippen molar-refractivity contribution in [3.63, 3.8) is 0 Å². The first-order chi connectivity index (χ1) is 18.7. The summed E-state index contributed by atoms with van der Waals surface area (Å²) in [5.41, 5.74) is 1.76. The number of nitrogens with zero attached hydrogens (tertiary/aromatic N) is 2. The van der Waals surface area contributed by atoms with Crippen LogP contribution < -0.4 is 16.0 Å². The Labute approximate surface area is 236 Å². The van der Waals surface area contributed by atoms with Gasteiger partial charge in [0.1, 0.15) is 9.97 Å². The Morgan fingerprint density at radius 2 is 2.05 bits per heavy atom. The molecule has 2 atom stereocenters. The highest BCUT2D eigenvalue weighted by molar-refractivity contribution is 7.91. The van der Waals surface area contributed by atoms with E-state index in [-0.39, 0.29) is 41.6 Å². The van der Waals surface area contributed by atoms with Crippen LogP contribution >= 0.6 is 22.9 Å². The maximum atomic E-state index is 13.7. The molecule has 0 bridgehead atoms. The summed E-state index contributed by atoms with van der Waals surface area (Å²) in [7, 11) is -3.79. The summed E-state index contributed by atoms with van der Waals surface area (Å²) in [6.07, 6.45) is 3.26. The number of halogens is 1. The molecule has 2 aromatic rings. The molecule has 0 radical (unpaired) electrons. The van der Waals surface area contributed by atoms with Crippen LogP contribution in [0.5, 0.6) is 0 Å². The minimum Gasteiger partial charge on any atom is -0.462 e. The van der Waals surface area contributed by atoms with Crippen molar-refractivity contribution in [3.8, 4) is 0 Å². The lowest BCUT2D eigenvalue weighted by Gasteiger charge is -2.41. The van der Waals surface area contributed by atoms with Gasteiger partial charge >= 0.3 is 0 Å². The second kappa shape index (κ2) is 10.3. The molecule has 3 N–H and O–H groups in total. The molecule has 13 heteroatoms. The fourth-order valence-corrected chi connectivity index (χ4v) is 8.33. The summed E-state index contributed by atoms with van der Waals surface area (Å²) in [5, 5.41) is 10.6. The van der Waals surface area contributed by atoms with Gasteiger partial charge < -0.3 is 25.6 Å². The summed E-state index contributed by atoms with van der Waals surface area (Å²) < 4.78 is 35.8. The molecule has 6 rings (SSSR count). The molecular formula is C26H30ClN5O5S2. The van der Waals surface area contributed by atoms with Crippen LogP contribution in [-0.2, 0) is 24.3 Å². The van der Waals surface area contributed by atoms with Crippen molar-refractivity contribution in [1.29, 1.82) is 0 Å². The van der Waals surface area contributed by atoms with E-state index < -0.39 is 22.3 Å². The highest BCUT2D eigenvalue weighted by Crippen LogP contribution is 2.34. The molecule has 1 aromatic carbocycles. The zero-order chi connectivity index (χ0) is 27.3. The Bertz CT molecular complexity index is 1500. The quantitative estimate of drug-likeness (QED) is 0.452. The minimum atomic E-state index is -3.79. The predicted octanol–water partition coefficient (Wildman–Crippen LogP) is 2.34. The van der Waals surface area contributed by atoms with E-state index in [2.05, 4.69) is 16.0 Å². The average Bonchev–Trinajstić information content (AvgIpc) is 3.54. The Kier molecular flexibility index (Phi) is 6.98. The van der Waals surface area contributed by atoms with Gasteiger partial charge in [-0.1, -0.05) is 11.6 Å². The summed E-state index contributed by atoms with van der Waals surface area (Å²) >= 11 is 7.31. The van der Waals surface area contributed by atoms with E-state index in [9.17, 15) is 18.0 Å². The standard InChI is InChI=1S/C26H30ClN5O5S2/c1-15-10-20-21(13-29-15)37-25(30-20)26(34)32-9-8-31(14-19(32)6-7-28-24(33)16-2-3-16)39(35,36)23-12-17-11-18(27)4-5-22(17)38-23/h4-5,10-12,16,19,25,29-30H,2-3,6-9,13-14H2,1H3,(H,28,33). The Balaban J connectivity index is 1.19. The molecule has 1 aliphatic carbocycles. The summed E-state index contributed by atoms with van der Waals surface area (Å²) in [4.78, 5) is 27.5. The molecule has 1 aromatic heterocycles. The SMILES string of the molecule is CC1=CC2=C(CN1)OC(C(=O)N1CCN(S(=O)(=O)c3cc4cc(Cl)ccc4s3)CC1CCNC(=O)C1CC1)N2. The zero-order valence-electron chi connectivity index (χ0n) is 21.4. The van der Waals surface area contributed by atoms with E-state index >= 15 is 0 Å². The number of dihydropyridines is 1. The van der Waals surface area contributed by atoms with Crippen molar-refractivity contribution in [3.05, 3.63) is 52.5 Å². The Morgan fingerprint density at radius 3 is 2.85 bits per heavy atom. The average molecular weight is 592 g/mol. The van der Waals surface area contributed by atoms with Gasteiger partial charge in [-0.2, -0.15) is 4.31 Å². The molecule has 4 aliphatic rings. The number of hydrogen-bond acceptors (Lipinski definition) is 8. The van der Waals surface area contributed by atoms with Gasteiger partial charge in [-0.15, -0.1) is 11.3 Å². The normalized spacial score (nSPS) is 23.5. The smallest absolute Gasteiger partial charge is 0.285 e. The van der Waals surface area contributed by atoms with Gasteiger partial charge in [-0.3, -0.25) is 9.59 Å². The van der Waals surface area contributed by atoms with Gasteiger partial charge in [0, 0.05) is 53.6 Å². The van der Waals surface area contributed by atoms with Crippen LogP contribution in [0, 0.1) is 5.92 Å². The third kappa shape index (κ3) is 5.34. The van der Waals surface area contributed by atoms with E-state index in [4.69, 9.17) is 16.3 Å². The lowest BCUT2D eigenvalue weighted by Crippen LogP contribution is -2.60. The highest BCUT2D eigenvalue weighted by Gasteiger charge is 2.41. The molecule has 2 amide bonds. The Morgan fingerprint density at radius 1 is 1.23 bits per heavy atom. The number of thiophene rings is 1. The van der Waals surface area contributed by atoms with Crippen molar-refractivity contribution >= 4 is 54.9 Å². The maximum Gasteiger partial charge on any atom is 0.285 e. The molecule has 39 heavy (non-hydrogen) atoms. The molecule has 3 aliphatic heterocycles. The van der Waals surface area contributed by atoms with Crippen LogP contribution in [0.15, 0.2) is 51.7 Å². The zero-order valence-corrected chi connectivity index (χ0v) is 23.8. The molecular weight excluding hydrogens is 562 g/mol. The van der Waals surface area contributed by atoms with E-state index in [1.807, 2.05) is 19.1 Å². The fourth-order valence-electron chi connectivity index (χ4n) is 5.14. The number of fused-ring (bicyclic) bond motifs is 1. The molecule has 2 fully saturated rings. The number of amides is 2. The largest absolute Gasteiger partial charge is 0.462 e. The summed E-state index contributed by atoms with van der Waals surface area (Å²) in [5.74, 6) is 0.524. The van der Waals surface area contributed by atoms with Crippen LogP contribution in [-0.4, -0.2) is 74.4 Å². The number of nitrogens with one attached hydrogen (secondary N) is 3. The van der Waals surface area contributed by atoms with Crippen molar-refractivity contribution in [1.82, 2.24) is 25.2 Å². The molecule has 10 nitrogen and oxygen atoms in total. The van der Waals surface area contributed by atoms with Crippen LogP contribution in [0.1, 0.15) is 26.2 Å². The van der Waals surface area contributed by atoms with Crippen LogP contribution in [0.4, 0.5) is 0 Å².